The van der Waals surface area contributed by atoms with E-state index in [2.05, 4.69) is 0 Å². The van der Waals surface area contributed by atoms with Gasteiger partial charge in [0.1, 0.15) is 0 Å². The zero-order valence-corrected chi connectivity index (χ0v) is 8.68. The highest BCUT2D eigenvalue weighted by Crippen LogP contribution is 2.27. The summed E-state index contributed by atoms with van der Waals surface area (Å²) in [6.07, 6.45) is 0. The van der Waals surface area contributed by atoms with Crippen LogP contribution < -0.4 is 0 Å². The fraction of sp³-hybridized carbons (Fsp3) is 0. The van der Waals surface area contributed by atoms with Crippen LogP contribution in [0.3, 0.4) is 0 Å². The number of fused-ring (bicyclic) bond motifs is 1. The van der Waals surface area contributed by atoms with E-state index in [4.69, 9.17) is 16.2 Å². The van der Waals surface area contributed by atoms with Crippen molar-refractivity contribution < 1.29 is 8.76 Å². The minimum absolute atomic E-state index is 0.394. The number of hydrogen-bond acceptors (Lipinski definition) is 1. The lowest BCUT2D eigenvalue weighted by atomic mass is 10.1. The summed E-state index contributed by atoms with van der Waals surface area (Å²) >= 11 is 3.98. The topological polar surface area (TPSA) is 37.3 Å². The van der Waals surface area contributed by atoms with Crippen LogP contribution in [-0.2, 0) is 11.1 Å². The van der Waals surface area contributed by atoms with Gasteiger partial charge in [-0.3, -0.25) is 0 Å². The van der Waals surface area contributed by atoms with Crippen molar-refractivity contribution in [1.82, 2.24) is 0 Å². The Morgan fingerprint density at radius 2 is 1.71 bits per heavy atom. The number of rotatable bonds is 1. The number of benzene rings is 2. The molecule has 4 heteroatoms. The number of hydrogen-bond donors (Lipinski definition) is 1. The third-order valence-corrected chi connectivity index (χ3v) is 3.08. The summed E-state index contributed by atoms with van der Waals surface area (Å²) in [5, 5.41) is 2.12. The molecule has 0 radical (unpaired) electrons. The monoisotopic (exact) mass is 226 g/mol. The van der Waals surface area contributed by atoms with Gasteiger partial charge in [-0.1, -0.05) is 35.9 Å². The molecule has 1 atom stereocenters. The Hall–Kier alpha value is -0.900. The van der Waals surface area contributed by atoms with Crippen LogP contribution in [0.5, 0.6) is 0 Å². The van der Waals surface area contributed by atoms with Gasteiger partial charge in [-0.2, -0.15) is 0 Å². The van der Waals surface area contributed by atoms with Crippen molar-refractivity contribution in [2.75, 3.05) is 0 Å². The molecule has 2 aromatic rings. The maximum atomic E-state index is 11.0. The first kappa shape index (κ1) is 9.65. The second-order valence-corrected chi connectivity index (χ2v) is 4.19. The van der Waals surface area contributed by atoms with Crippen molar-refractivity contribution in [3.63, 3.8) is 0 Å². The zero-order chi connectivity index (χ0) is 10.1. The second kappa shape index (κ2) is 3.69. The first-order valence-electron chi connectivity index (χ1n) is 3.98. The summed E-state index contributed by atoms with van der Waals surface area (Å²) < 4.78 is 20.0. The summed E-state index contributed by atoms with van der Waals surface area (Å²) in [7, 11) is 0. The molecule has 0 heterocycles. The van der Waals surface area contributed by atoms with Crippen LogP contribution in [-0.4, -0.2) is 8.76 Å². The predicted octanol–water partition coefficient (Wildman–Crippen LogP) is 3.07. The Labute approximate surface area is 88.8 Å². The van der Waals surface area contributed by atoms with E-state index in [9.17, 15) is 4.21 Å². The molecule has 0 bridgehead atoms. The van der Waals surface area contributed by atoms with Crippen LogP contribution >= 0.6 is 11.6 Å². The van der Waals surface area contributed by atoms with Crippen LogP contribution in [0.25, 0.3) is 10.8 Å². The third-order valence-electron chi connectivity index (χ3n) is 2.02. The summed E-state index contributed by atoms with van der Waals surface area (Å²) in [4.78, 5) is 0.394. The highest BCUT2D eigenvalue weighted by atomic mass is 35.5. The lowest BCUT2D eigenvalue weighted by Crippen LogP contribution is -1.89. The van der Waals surface area contributed by atoms with E-state index in [1.54, 1.807) is 30.3 Å². The molecular formula is C10H7ClO2S. The molecule has 14 heavy (non-hydrogen) atoms. The van der Waals surface area contributed by atoms with Crippen LogP contribution in [0.1, 0.15) is 0 Å². The SMILES string of the molecule is O=S(O)c1cccc2c(Cl)cccc12. The molecule has 0 saturated carbocycles. The van der Waals surface area contributed by atoms with Gasteiger partial charge in [0, 0.05) is 15.8 Å². The Kier molecular flexibility index (Phi) is 2.54. The van der Waals surface area contributed by atoms with Crippen molar-refractivity contribution in [1.29, 1.82) is 0 Å². The molecule has 0 aromatic heterocycles. The third kappa shape index (κ3) is 1.54. The van der Waals surface area contributed by atoms with Gasteiger partial charge in [0.2, 0.25) is 0 Å². The van der Waals surface area contributed by atoms with E-state index in [0.717, 1.165) is 10.8 Å². The average molecular weight is 227 g/mol. The fourth-order valence-corrected chi connectivity index (χ4v) is 2.19. The molecule has 2 nitrogen and oxygen atoms in total. The molecule has 0 amide bonds. The first-order chi connectivity index (χ1) is 6.70. The Morgan fingerprint density at radius 3 is 2.43 bits per heavy atom. The second-order valence-electron chi connectivity index (χ2n) is 2.84. The molecule has 1 unspecified atom stereocenters. The molecular weight excluding hydrogens is 220 g/mol. The predicted molar refractivity (Wildman–Crippen MR) is 58.0 cm³/mol. The van der Waals surface area contributed by atoms with Crippen LogP contribution in [0.15, 0.2) is 41.3 Å². The number of halogens is 1. The molecule has 0 fully saturated rings. The minimum Gasteiger partial charge on any atom is -0.302 e. The normalized spacial score (nSPS) is 13.0. The fourth-order valence-electron chi connectivity index (χ4n) is 1.40. The highest BCUT2D eigenvalue weighted by Gasteiger charge is 2.06. The Bertz CT molecular complexity index is 510. The van der Waals surface area contributed by atoms with Crippen molar-refractivity contribution in [3.05, 3.63) is 41.4 Å². The van der Waals surface area contributed by atoms with Gasteiger partial charge in [-0.15, -0.1) is 0 Å². The molecule has 0 aliphatic carbocycles. The van der Waals surface area contributed by atoms with E-state index in [0.29, 0.717) is 9.92 Å². The van der Waals surface area contributed by atoms with Gasteiger partial charge in [-0.05, 0) is 12.1 Å². The molecule has 0 spiro atoms. The molecule has 72 valence electrons. The first-order valence-corrected chi connectivity index (χ1v) is 5.47. The van der Waals surface area contributed by atoms with Crippen molar-refractivity contribution in [2.45, 2.75) is 4.90 Å². The molecule has 0 aliphatic rings. The minimum atomic E-state index is -1.97. The molecule has 2 aromatic carbocycles. The van der Waals surface area contributed by atoms with E-state index >= 15 is 0 Å². The standard InChI is InChI=1S/C10H7ClO2S/c11-9-5-1-4-8-7(9)3-2-6-10(8)14(12)13/h1-6H,(H,12,13). The van der Waals surface area contributed by atoms with Crippen LogP contribution in [0, 0.1) is 0 Å². The maximum absolute atomic E-state index is 11.0. The lowest BCUT2D eigenvalue weighted by molar-refractivity contribution is 0.565. The molecule has 0 saturated heterocycles. The highest BCUT2D eigenvalue weighted by molar-refractivity contribution is 7.79. The van der Waals surface area contributed by atoms with E-state index in [1.165, 1.54) is 0 Å². The smallest absolute Gasteiger partial charge is 0.187 e. The van der Waals surface area contributed by atoms with Gasteiger partial charge < -0.3 is 4.55 Å². The Morgan fingerprint density at radius 1 is 1.07 bits per heavy atom. The van der Waals surface area contributed by atoms with Gasteiger partial charge >= 0.3 is 0 Å². The van der Waals surface area contributed by atoms with E-state index in [1.807, 2.05) is 6.07 Å². The summed E-state index contributed by atoms with van der Waals surface area (Å²) in [5.74, 6) is 0. The Balaban J connectivity index is 2.88. The van der Waals surface area contributed by atoms with Crippen molar-refractivity contribution >= 4 is 33.5 Å². The van der Waals surface area contributed by atoms with Crippen molar-refractivity contribution in [3.8, 4) is 0 Å². The van der Waals surface area contributed by atoms with E-state index < -0.39 is 11.1 Å². The molecule has 2 rings (SSSR count). The van der Waals surface area contributed by atoms with Gasteiger partial charge in [-0.25, -0.2) is 4.21 Å². The molecule has 0 aliphatic heterocycles. The zero-order valence-electron chi connectivity index (χ0n) is 7.11. The summed E-state index contributed by atoms with van der Waals surface area (Å²) in [6, 6.07) is 10.5. The summed E-state index contributed by atoms with van der Waals surface area (Å²) in [5.41, 5.74) is 0. The van der Waals surface area contributed by atoms with E-state index in [-0.39, 0.29) is 0 Å². The van der Waals surface area contributed by atoms with Crippen molar-refractivity contribution in [2.24, 2.45) is 0 Å². The summed E-state index contributed by atoms with van der Waals surface area (Å²) in [6.45, 7) is 0. The quantitative estimate of drug-likeness (QED) is 0.759. The lowest BCUT2D eigenvalue weighted by Gasteiger charge is -2.03. The van der Waals surface area contributed by atoms with Gasteiger partial charge in [0.05, 0.1) is 4.90 Å². The van der Waals surface area contributed by atoms with Crippen LogP contribution in [0.2, 0.25) is 5.02 Å². The van der Waals surface area contributed by atoms with Gasteiger partial charge in [0.15, 0.2) is 11.1 Å². The molecule has 1 N–H and O–H groups in total. The average Bonchev–Trinajstić information content (AvgIpc) is 2.17. The maximum Gasteiger partial charge on any atom is 0.187 e. The largest absolute Gasteiger partial charge is 0.302 e. The van der Waals surface area contributed by atoms with Crippen LogP contribution in [0.4, 0.5) is 0 Å². The van der Waals surface area contributed by atoms with Gasteiger partial charge in [0.25, 0.3) is 0 Å².